The SMILES string of the molecule is CCn1ncc(S(=O)(=O)N2CCCC(c3cccc(-c4cccc(Cl)c4)n3)C2)c1C. The van der Waals surface area contributed by atoms with E-state index in [1.807, 2.05) is 49.4 Å². The molecule has 6 nitrogen and oxygen atoms in total. The van der Waals surface area contributed by atoms with E-state index >= 15 is 0 Å². The molecule has 0 bridgehead atoms. The number of rotatable bonds is 5. The molecule has 0 N–H and O–H groups in total. The molecule has 0 saturated carbocycles. The Hall–Kier alpha value is -2.22. The highest BCUT2D eigenvalue weighted by atomic mass is 35.5. The minimum Gasteiger partial charge on any atom is -0.269 e. The third kappa shape index (κ3) is 4.02. The van der Waals surface area contributed by atoms with Gasteiger partial charge in [-0.2, -0.15) is 9.40 Å². The van der Waals surface area contributed by atoms with E-state index in [4.69, 9.17) is 16.6 Å². The molecular formula is C22H25ClN4O2S. The Kier molecular flexibility index (Phi) is 5.95. The first-order valence-electron chi connectivity index (χ1n) is 10.2. The van der Waals surface area contributed by atoms with E-state index in [1.165, 1.54) is 6.20 Å². The molecule has 8 heteroatoms. The van der Waals surface area contributed by atoms with Crippen molar-refractivity contribution in [3.63, 3.8) is 0 Å². The van der Waals surface area contributed by atoms with Gasteiger partial charge in [-0.15, -0.1) is 0 Å². The number of pyridine rings is 1. The molecule has 1 unspecified atom stereocenters. The van der Waals surface area contributed by atoms with E-state index in [9.17, 15) is 8.42 Å². The summed E-state index contributed by atoms with van der Waals surface area (Å²) in [5.74, 6) is 0.0502. The minimum absolute atomic E-state index is 0.0502. The summed E-state index contributed by atoms with van der Waals surface area (Å²) in [7, 11) is -3.59. The summed E-state index contributed by atoms with van der Waals surface area (Å²) in [5, 5.41) is 4.88. The van der Waals surface area contributed by atoms with Crippen molar-refractivity contribution in [2.45, 2.75) is 44.0 Å². The number of benzene rings is 1. The average Bonchev–Trinajstić information content (AvgIpc) is 3.15. The molecule has 2 aromatic heterocycles. The van der Waals surface area contributed by atoms with Crippen LogP contribution in [0.2, 0.25) is 5.02 Å². The molecule has 158 valence electrons. The van der Waals surface area contributed by atoms with Gasteiger partial charge < -0.3 is 0 Å². The highest BCUT2D eigenvalue weighted by molar-refractivity contribution is 7.89. The Bertz CT molecular complexity index is 1160. The number of piperidine rings is 1. The Morgan fingerprint density at radius 1 is 1.20 bits per heavy atom. The van der Waals surface area contributed by atoms with Gasteiger partial charge in [-0.3, -0.25) is 9.67 Å². The Morgan fingerprint density at radius 2 is 2.00 bits per heavy atom. The molecule has 1 aliphatic rings. The number of hydrogen-bond acceptors (Lipinski definition) is 4. The summed E-state index contributed by atoms with van der Waals surface area (Å²) in [6.07, 6.45) is 3.18. The zero-order valence-electron chi connectivity index (χ0n) is 17.1. The van der Waals surface area contributed by atoms with Gasteiger partial charge >= 0.3 is 0 Å². The molecule has 0 spiro atoms. The van der Waals surface area contributed by atoms with Crippen LogP contribution in [0.4, 0.5) is 0 Å². The summed E-state index contributed by atoms with van der Waals surface area (Å²) in [4.78, 5) is 5.13. The van der Waals surface area contributed by atoms with Crippen LogP contribution in [0.15, 0.2) is 53.6 Å². The molecule has 1 atom stereocenters. The van der Waals surface area contributed by atoms with Gasteiger partial charge in [-0.05, 0) is 51.0 Å². The monoisotopic (exact) mass is 444 g/mol. The summed E-state index contributed by atoms with van der Waals surface area (Å²) < 4.78 is 29.9. The second kappa shape index (κ2) is 8.49. The van der Waals surface area contributed by atoms with Crippen molar-refractivity contribution in [1.29, 1.82) is 0 Å². The van der Waals surface area contributed by atoms with Crippen molar-refractivity contribution in [3.8, 4) is 11.3 Å². The highest BCUT2D eigenvalue weighted by Crippen LogP contribution is 2.31. The van der Waals surface area contributed by atoms with Crippen molar-refractivity contribution in [3.05, 3.63) is 65.1 Å². The largest absolute Gasteiger partial charge is 0.269 e. The van der Waals surface area contributed by atoms with Gasteiger partial charge in [-0.1, -0.05) is 29.8 Å². The predicted octanol–water partition coefficient (Wildman–Crippen LogP) is 4.50. The van der Waals surface area contributed by atoms with Crippen LogP contribution in [-0.2, 0) is 16.6 Å². The second-order valence-electron chi connectivity index (χ2n) is 7.57. The Morgan fingerprint density at radius 3 is 2.73 bits per heavy atom. The van der Waals surface area contributed by atoms with Crippen LogP contribution < -0.4 is 0 Å². The van der Waals surface area contributed by atoms with Crippen LogP contribution in [0, 0.1) is 6.92 Å². The fourth-order valence-corrected chi connectivity index (χ4v) is 5.90. The smallest absolute Gasteiger partial charge is 0.246 e. The fraction of sp³-hybridized carbons (Fsp3) is 0.364. The van der Waals surface area contributed by atoms with Crippen LogP contribution in [0.5, 0.6) is 0 Å². The van der Waals surface area contributed by atoms with Crippen LogP contribution in [0.3, 0.4) is 0 Å². The predicted molar refractivity (Wildman–Crippen MR) is 118 cm³/mol. The van der Waals surface area contributed by atoms with E-state index in [-0.39, 0.29) is 5.92 Å². The molecule has 1 aliphatic heterocycles. The Balaban J connectivity index is 1.60. The maximum absolute atomic E-state index is 13.3. The summed E-state index contributed by atoms with van der Waals surface area (Å²) in [6, 6.07) is 13.5. The van der Waals surface area contributed by atoms with Gasteiger partial charge in [-0.25, -0.2) is 8.42 Å². The zero-order valence-corrected chi connectivity index (χ0v) is 18.7. The Labute approximate surface area is 182 Å². The van der Waals surface area contributed by atoms with Crippen molar-refractivity contribution in [2.24, 2.45) is 0 Å². The van der Waals surface area contributed by atoms with Crippen LogP contribution in [0.25, 0.3) is 11.3 Å². The molecule has 30 heavy (non-hydrogen) atoms. The van der Waals surface area contributed by atoms with E-state index < -0.39 is 10.0 Å². The van der Waals surface area contributed by atoms with Crippen molar-refractivity contribution >= 4 is 21.6 Å². The molecule has 0 radical (unpaired) electrons. The molecule has 3 heterocycles. The summed E-state index contributed by atoms with van der Waals surface area (Å²) in [6.45, 7) is 5.34. The van der Waals surface area contributed by atoms with E-state index in [1.54, 1.807) is 15.9 Å². The lowest BCUT2D eigenvalue weighted by molar-refractivity contribution is 0.312. The molecular weight excluding hydrogens is 420 g/mol. The molecule has 0 amide bonds. The highest BCUT2D eigenvalue weighted by Gasteiger charge is 2.33. The van der Waals surface area contributed by atoms with E-state index in [2.05, 4.69) is 5.10 Å². The number of sulfonamides is 1. The maximum Gasteiger partial charge on any atom is 0.246 e. The third-order valence-electron chi connectivity index (χ3n) is 5.67. The number of aromatic nitrogens is 3. The molecule has 3 aromatic rings. The van der Waals surface area contributed by atoms with Crippen molar-refractivity contribution in [2.75, 3.05) is 13.1 Å². The van der Waals surface area contributed by atoms with Crippen LogP contribution in [-0.4, -0.2) is 40.6 Å². The van der Waals surface area contributed by atoms with Crippen LogP contribution >= 0.6 is 11.6 Å². The molecule has 1 aromatic carbocycles. The normalized spacial score (nSPS) is 17.9. The van der Waals surface area contributed by atoms with Gasteiger partial charge in [0.05, 0.1) is 17.6 Å². The lowest BCUT2D eigenvalue weighted by Crippen LogP contribution is -2.39. The van der Waals surface area contributed by atoms with Gasteiger partial charge in [0.2, 0.25) is 10.0 Å². The van der Waals surface area contributed by atoms with Crippen molar-refractivity contribution < 1.29 is 8.42 Å². The van der Waals surface area contributed by atoms with Crippen molar-refractivity contribution in [1.82, 2.24) is 19.1 Å². The van der Waals surface area contributed by atoms with Gasteiger partial charge in [0.15, 0.2) is 0 Å². The minimum atomic E-state index is -3.59. The number of halogens is 1. The first kappa shape index (κ1) is 21.0. The topological polar surface area (TPSA) is 68.1 Å². The van der Waals surface area contributed by atoms with E-state index in [0.29, 0.717) is 35.2 Å². The third-order valence-corrected chi connectivity index (χ3v) is 7.87. The number of aryl methyl sites for hydroxylation is 1. The number of hydrogen-bond donors (Lipinski definition) is 0. The fourth-order valence-electron chi connectivity index (χ4n) is 4.03. The number of nitrogens with zero attached hydrogens (tertiary/aromatic N) is 4. The molecule has 1 saturated heterocycles. The van der Waals surface area contributed by atoms with Crippen LogP contribution in [0.1, 0.15) is 37.1 Å². The van der Waals surface area contributed by atoms with Gasteiger partial charge in [0.25, 0.3) is 0 Å². The summed E-state index contributed by atoms with van der Waals surface area (Å²) in [5.41, 5.74) is 3.39. The lowest BCUT2D eigenvalue weighted by atomic mass is 9.95. The van der Waals surface area contributed by atoms with E-state index in [0.717, 1.165) is 29.8 Å². The molecule has 1 fully saturated rings. The summed E-state index contributed by atoms with van der Waals surface area (Å²) >= 11 is 6.13. The second-order valence-corrected chi connectivity index (χ2v) is 9.91. The maximum atomic E-state index is 13.3. The first-order chi connectivity index (χ1) is 14.4. The first-order valence-corrected chi connectivity index (χ1v) is 12.0. The van der Waals surface area contributed by atoms with Gasteiger partial charge in [0, 0.05) is 41.8 Å². The average molecular weight is 445 g/mol. The molecule has 0 aliphatic carbocycles. The standard InChI is InChI=1S/C22H25ClN4O2S/c1-3-27-16(2)22(14-24-27)30(28,29)26-12-6-8-18(15-26)21-11-5-10-20(25-21)17-7-4-9-19(23)13-17/h4-5,7,9-11,13-14,18H,3,6,8,12,15H2,1-2H3. The quantitative estimate of drug-likeness (QED) is 0.581. The molecule has 4 rings (SSSR count). The van der Waals surface area contributed by atoms with Gasteiger partial charge in [0.1, 0.15) is 4.90 Å². The zero-order chi connectivity index (χ0) is 21.3. The lowest BCUT2D eigenvalue weighted by Gasteiger charge is -2.31.